The molecule has 1 aromatic heterocycles. The van der Waals surface area contributed by atoms with E-state index in [1.807, 2.05) is 41.3 Å². The van der Waals surface area contributed by atoms with Crippen molar-refractivity contribution in [1.82, 2.24) is 20.1 Å². The third-order valence-electron chi connectivity index (χ3n) is 4.99. The smallest absolute Gasteiger partial charge is 0.375 e. The van der Waals surface area contributed by atoms with Gasteiger partial charge in [0.1, 0.15) is 5.82 Å². The molecule has 0 saturated carbocycles. The summed E-state index contributed by atoms with van der Waals surface area (Å²) < 4.78 is 0. The van der Waals surface area contributed by atoms with Gasteiger partial charge in [0.05, 0.1) is 12.1 Å². The zero-order valence-electron chi connectivity index (χ0n) is 16.2. The van der Waals surface area contributed by atoms with E-state index in [0.29, 0.717) is 38.1 Å². The molecule has 1 fully saturated rings. The SMILES string of the molecule is O=C(O)c1n[nH]c(CCCN2C(=O)CCC[C@@H]2/C=C/[C@@H](O)Cc2ccccc2)n1. The molecule has 1 aliphatic rings. The Morgan fingerprint density at radius 3 is 2.86 bits per heavy atom. The van der Waals surface area contributed by atoms with Crippen molar-refractivity contribution in [3.8, 4) is 0 Å². The number of piperidine rings is 1. The summed E-state index contributed by atoms with van der Waals surface area (Å²) >= 11 is 0. The molecular formula is C21H26N4O4. The van der Waals surface area contributed by atoms with Crippen LogP contribution in [0.2, 0.25) is 0 Å². The van der Waals surface area contributed by atoms with Crippen LogP contribution in [0, 0.1) is 0 Å². The largest absolute Gasteiger partial charge is 0.475 e. The first-order chi connectivity index (χ1) is 14.0. The van der Waals surface area contributed by atoms with Gasteiger partial charge in [-0.25, -0.2) is 9.78 Å². The van der Waals surface area contributed by atoms with Crippen molar-refractivity contribution in [3.05, 3.63) is 59.7 Å². The zero-order chi connectivity index (χ0) is 20.6. The molecule has 0 aliphatic carbocycles. The lowest BCUT2D eigenvalue weighted by molar-refractivity contribution is -0.135. The normalized spacial score (nSPS) is 18.3. The van der Waals surface area contributed by atoms with Crippen molar-refractivity contribution in [3.63, 3.8) is 0 Å². The van der Waals surface area contributed by atoms with Gasteiger partial charge in [0.2, 0.25) is 5.91 Å². The number of nitrogens with zero attached hydrogens (tertiary/aromatic N) is 3. The minimum atomic E-state index is -1.17. The average molecular weight is 398 g/mol. The Labute approximate surface area is 169 Å². The van der Waals surface area contributed by atoms with Gasteiger partial charge in [0.15, 0.2) is 0 Å². The molecule has 1 saturated heterocycles. The number of hydrogen-bond donors (Lipinski definition) is 3. The van der Waals surface area contributed by atoms with Crippen LogP contribution in [-0.4, -0.2) is 60.9 Å². The van der Waals surface area contributed by atoms with Gasteiger partial charge in [-0.2, -0.15) is 0 Å². The topological polar surface area (TPSA) is 119 Å². The maximum atomic E-state index is 12.4. The molecule has 154 valence electrons. The quantitative estimate of drug-likeness (QED) is 0.556. The lowest BCUT2D eigenvalue weighted by Gasteiger charge is -2.34. The van der Waals surface area contributed by atoms with Gasteiger partial charge in [-0.1, -0.05) is 42.5 Å². The summed E-state index contributed by atoms with van der Waals surface area (Å²) in [4.78, 5) is 29.0. The van der Waals surface area contributed by atoms with Crippen molar-refractivity contribution in [1.29, 1.82) is 0 Å². The van der Waals surface area contributed by atoms with Gasteiger partial charge >= 0.3 is 5.97 Å². The highest BCUT2D eigenvalue weighted by Crippen LogP contribution is 2.20. The second-order valence-corrected chi connectivity index (χ2v) is 7.20. The summed E-state index contributed by atoms with van der Waals surface area (Å²) in [7, 11) is 0. The van der Waals surface area contributed by atoms with Gasteiger partial charge in [-0.05, 0) is 24.8 Å². The number of carbonyl (C=O) groups excluding carboxylic acids is 1. The number of aromatic amines is 1. The Kier molecular flexibility index (Phi) is 7.13. The number of aromatic nitrogens is 3. The second-order valence-electron chi connectivity index (χ2n) is 7.20. The van der Waals surface area contributed by atoms with E-state index in [-0.39, 0.29) is 17.8 Å². The first-order valence-electron chi connectivity index (χ1n) is 9.87. The van der Waals surface area contributed by atoms with Crippen LogP contribution in [0.15, 0.2) is 42.5 Å². The molecule has 1 aliphatic heterocycles. The lowest BCUT2D eigenvalue weighted by atomic mass is 9.99. The molecular weight excluding hydrogens is 372 g/mol. The van der Waals surface area contributed by atoms with Crippen LogP contribution < -0.4 is 0 Å². The van der Waals surface area contributed by atoms with E-state index < -0.39 is 12.1 Å². The molecule has 0 bridgehead atoms. The number of H-pyrrole nitrogens is 1. The van der Waals surface area contributed by atoms with Crippen LogP contribution in [0.25, 0.3) is 0 Å². The maximum absolute atomic E-state index is 12.4. The van der Waals surface area contributed by atoms with Crippen molar-refractivity contribution < 1.29 is 19.8 Å². The van der Waals surface area contributed by atoms with Crippen LogP contribution in [0.5, 0.6) is 0 Å². The summed E-state index contributed by atoms with van der Waals surface area (Å²) in [6, 6.07) is 9.76. The van der Waals surface area contributed by atoms with Crippen molar-refractivity contribution in [2.24, 2.45) is 0 Å². The van der Waals surface area contributed by atoms with Crippen LogP contribution in [0.3, 0.4) is 0 Å². The minimum absolute atomic E-state index is 0.0361. The van der Waals surface area contributed by atoms with E-state index in [2.05, 4.69) is 15.2 Å². The number of aryl methyl sites for hydroxylation is 1. The number of amides is 1. The number of carbonyl (C=O) groups is 2. The van der Waals surface area contributed by atoms with E-state index >= 15 is 0 Å². The fraction of sp³-hybridized carbons (Fsp3) is 0.429. The number of nitrogens with one attached hydrogen (secondary N) is 1. The van der Waals surface area contributed by atoms with E-state index in [4.69, 9.17) is 5.11 Å². The number of carboxylic acid groups (broad SMARTS) is 1. The first-order valence-corrected chi connectivity index (χ1v) is 9.87. The van der Waals surface area contributed by atoms with E-state index in [1.165, 1.54) is 0 Å². The van der Waals surface area contributed by atoms with E-state index in [9.17, 15) is 14.7 Å². The van der Waals surface area contributed by atoms with Crippen molar-refractivity contribution in [2.75, 3.05) is 6.54 Å². The summed E-state index contributed by atoms with van der Waals surface area (Å²) in [6.07, 6.45) is 7.04. The van der Waals surface area contributed by atoms with Gasteiger partial charge in [0, 0.05) is 25.8 Å². The summed E-state index contributed by atoms with van der Waals surface area (Å²) in [6.45, 7) is 0.547. The van der Waals surface area contributed by atoms with Gasteiger partial charge in [-0.3, -0.25) is 9.89 Å². The highest BCUT2D eigenvalue weighted by atomic mass is 16.4. The Balaban J connectivity index is 1.53. The molecule has 0 radical (unpaired) electrons. The number of aliphatic hydroxyl groups excluding tert-OH is 1. The van der Waals surface area contributed by atoms with E-state index in [1.54, 1.807) is 6.08 Å². The molecule has 29 heavy (non-hydrogen) atoms. The molecule has 2 heterocycles. The van der Waals surface area contributed by atoms with Gasteiger partial charge < -0.3 is 15.1 Å². The minimum Gasteiger partial charge on any atom is -0.475 e. The summed E-state index contributed by atoms with van der Waals surface area (Å²) in [5.74, 6) is -0.815. The molecule has 3 N–H and O–H groups in total. The zero-order valence-corrected chi connectivity index (χ0v) is 16.2. The molecule has 3 rings (SSSR count). The van der Waals surface area contributed by atoms with Crippen LogP contribution >= 0.6 is 0 Å². The van der Waals surface area contributed by atoms with Crippen LogP contribution in [0.1, 0.15) is 47.7 Å². The third kappa shape index (κ3) is 5.99. The maximum Gasteiger partial charge on any atom is 0.375 e. The van der Waals surface area contributed by atoms with Crippen LogP contribution in [0.4, 0.5) is 0 Å². The predicted molar refractivity (Wildman–Crippen MR) is 106 cm³/mol. The summed E-state index contributed by atoms with van der Waals surface area (Å²) in [5.41, 5.74) is 1.06. The fourth-order valence-electron chi connectivity index (χ4n) is 3.54. The van der Waals surface area contributed by atoms with E-state index in [0.717, 1.165) is 18.4 Å². The molecule has 1 amide bonds. The first kappa shape index (κ1) is 20.7. The number of carboxylic acids is 1. The number of aliphatic hydroxyl groups is 1. The Hall–Kier alpha value is -3.00. The summed E-state index contributed by atoms with van der Waals surface area (Å²) in [5, 5.41) is 25.4. The Morgan fingerprint density at radius 2 is 2.14 bits per heavy atom. The number of likely N-dealkylation sites (tertiary alicyclic amines) is 1. The molecule has 8 nitrogen and oxygen atoms in total. The number of hydrogen-bond acceptors (Lipinski definition) is 5. The number of rotatable bonds is 9. The van der Waals surface area contributed by atoms with Crippen molar-refractivity contribution >= 4 is 11.9 Å². The average Bonchev–Trinajstić information content (AvgIpc) is 3.18. The highest BCUT2D eigenvalue weighted by molar-refractivity contribution is 5.82. The highest BCUT2D eigenvalue weighted by Gasteiger charge is 2.26. The van der Waals surface area contributed by atoms with Gasteiger partial charge in [0.25, 0.3) is 5.82 Å². The second kappa shape index (κ2) is 9.97. The van der Waals surface area contributed by atoms with Crippen LogP contribution in [-0.2, 0) is 17.6 Å². The molecule has 1 aromatic carbocycles. The third-order valence-corrected chi connectivity index (χ3v) is 4.99. The molecule has 0 unspecified atom stereocenters. The molecule has 8 heteroatoms. The number of aromatic carboxylic acids is 1. The lowest BCUT2D eigenvalue weighted by Crippen LogP contribution is -2.43. The van der Waals surface area contributed by atoms with Crippen molar-refractivity contribution in [2.45, 2.75) is 50.7 Å². The molecule has 2 atom stereocenters. The Morgan fingerprint density at radius 1 is 1.34 bits per heavy atom. The molecule has 2 aromatic rings. The monoisotopic (exact) mass is 398 g/mol. The predicted octanol–water partition coefficient (Wildman–Crippen LogP) is 1.98. The number of benzene rings is 1. The fourth-order valence-corrected chi connectivity index (χ4v) is 3.54. The molecule has 0 spiro atoms. The van der Waals surface area contributed by atoms with Gasteiger partial charge in [-0.15, -0.1) is 5.10 Å². The Bertz CT molecular complexity index is 849. The standard InChI is InChI=1S/C21H26N4O4/c26-17(14-15-6-2-1-3-7-15)12-11-16-8-4-10-19(27)25(16)13-5-9-18-22-20(21(28)29)24-23-18/h1-3,6-7,11-12,16-17,26H,4-5,8-10,13-14H2,(H,28,29)(H,22,23,24)/b12-11+/t16-,17-/m1/s1.